The molecule has 30 heavy (non-hydrogen) atoms. The first-order valence-electron chi connectivity index (χ1n) is 11.0. The van der Waals surface area contributed by atoms with Gasteiger partial charge in [0.1, 0.15) is 0 Å². The van der Waals surface area contributed by atoms with E-state index >= 15 is 0 Å². The molecule has 160 valence electrons. The van der Waals surface area contributed by atoms with E-state index in [0.717, 1.165) is 46.4 Å². The van der Waals surface area contributed by atoms with Crippen molar-refractivity contribution in [3.8, 4) is 0 Å². The predicted molar refractivity (Wildman–Crippen MR) is 122 cm³/mol. The van der Waals surface area contributed by atoms with Gasteiger partial charge < -0.3 is 0 Å². The quantitative estimate of drug-likeness (QED) is 0.394. The molecule has 1 amide bonds. The van der Waals surface area contributed by atoms with Gasteiger partial charge in [0.05, 0.1) is 16.6 Å². The van der Waals surface area contributed by atoms with Crippen molar-refractivity contribution < 1.29 is 4.79 Å². The summed E-state index contributed by atoms with van der Waals surface area (Å²) >= 11 is 4.09. The first-order valence-corrected chi connectivity index (χ1v) is 11.8. The second kappa shape index (κ2) is 6.87. The maximum Gasteiger partial charge on any atom is 0.272 e. The van der Waals surface area contributed by atoms with Crippen molar-refractivity contribution in [3.05, 3.63) is 23.0 Å². The van der Waals surface area contributed by atoms with Gasteiger partial charge in [-0.3, -0.25) is 9.48 Å². The molecule has 6 nitrogen and oxygen atoms in total. The molecule has 4 aliphatic rings. The highest BCUT2D eigenvalue weighted by molar-refractivity contribution is 9.10. The Hall–Kier alpha value is -1.76. The van der Waals surface area contributed by atoms with Crippen LogP contribution in [0.25, 0.3) is 11.0 Å². The Bertz CT molecular complexity index is 1060. The summed E-state index contributed by atoms with van der Waals surface area (Å²) in [6.07, 6.45) is 8.93. The number of hydrogen-bond donors (Lipinski definition) is 1. The number of amides is 1. The minimum Gasteiger partial charge on any atom is -0.267 e. The minimum absolute atomic E-state index is 0.191. The first kappa shape index (κ1) is 20.2. The molecule has 0 saturated heterocycles. The number of hydrogen-bond acceptors (Lipinski definition) is 4. The maximum absolute atomic E-state index is 13.0. The molecule has 0 radical (unpaired) electrons. The molecule has 2 atom stereocenters. The average molecular weight is 472 g/mol. The number of carbonyl (C=O) groups excluding carboxylic acids is 1. The fraction of sp³-hybridized carbons (Fsp3) is 0.652. The Morgan fingerprint density at radius 1 is 1.30 bits per heavy atom. The Labute approximate surface area is 186 Å². The molecule has 4 bridgehead atoms. The van der Waals surface area contributed by atoms with Gasteiger partial charge in [0.2, 0.25) is 0 Å². The van der Waals surface area contributed by atoms with Crippen LogP contribution in [0.4, 0.5) is 0 Å². The number of carbonyl (C=O) groups is 1. The topological polar surface area (TPSA) is 72.2 Å². The third-order valence-corrected chi connectivity index (χ3v) is 8.36. The van der Waals surface area contributed by atoms with Gasteiger partial charge in [-0.25, -0.2) is 10.4 Å². The van der Waals surface area contributed by atoms with Crippen LogP contribution in [0.5, 0.6) is 0 Å². The van der Waals surface area contributed by atoms with Crippen LogP contribution < -0.4 is 5.43 Å². The van der Waals surface area contributed by atoms with Gasteiger partial charge in [0, 0.05) is 22.8 Å². The van der Waals surface area contributed by atoms with Crippen LogP contribution in [-0.2, 0) is 7.05 Å². The zero-order valence-corrected chi connectivity index (χ0v) is 19.8. The van der Waals surface area contributed by atoms with E-state index in [9.17, 15) is 4.79 Å². The van der Waals surface area contributed by atoms with Crippen LogP contribution in [0.15, 0.2) is 11.2 Å². The lowest BCUT2D eigenvalue weighted by molar-refractivity contribution is -0.0303. The number of hydrazone groups is 1. The Kier molecular flexibility index (Phi) is 4.62. The van der Waals surface area contributed by atoms with Crippen LogP contribution in [0.1, 0.15) is 73.6 Å². The summed E-state index contributed by atoms with van der Waals surface area (Å²) in [5, 5.41) is 9.76. The number of fused-ring (bicyclic) bond motifs is 1. The fourth-order valence-electron chi connectivity index (χ4n) is 7.08. The number of rotatable bonds is 4. The summed E-state index contributed by atoms with van der Waals surface area (Å²) in [6.45, 7) is 5.87. The highest BCUT2D eigenvalue weighted by Crippen LogP contribution is 2.65. The van der Waals surface area contributed by atoms with Crippen LogP contribution in [-0.4, -0.2) is 30.7 Å². The maximum atomic E-state index is 13.0. The third-order valence-electron chi connectivity index (χ3n) is 7.43. The number of aromatic nitrogens is 3. The van der Waals surface area contributed by atoms with E-state index in [1.54, 1.807) is 4.68 Å². The lowest BCUT2D eigenvalue weighted by Gasteiger charge is -2.60. The third kappa shape index (κ3) is 3.39. The summed E-state index contributed by atoms with van der Waals surface area (Å²) in [4.78, 5) is 17.5. The number of nitrogens with zero attached hydrogens (tertiary/aromatic N) is 4. The molecule has 4 fully saturated rings. The smallest absolute Gasteiger partial charge is 0.267 e. The average Bonchev–Trinajstić information content (AvgIpc) is 2.90. The summed E-state index contributed by atoms with van der Waals surface area (Å²) in [5.41, 5.74) is 7.12. The van der Waals surface area contributed by atoms with E-state index in [-0.39, 0.29) is 5.91 Å². The molecule has 2 aromatic rings. The van der Waals surface area contributed by atoms with Gasteiger partial charge in [-0.2, -0.15) is 10.2 Å². The monoisotopic (exact) mass is 471 g/mol. The number of nitrogens with one attached hydrogen (secondary N) is 1. The van der Waals surface area contributed by atoms with E-state index in [1.165, 1.54) is 38.5 Å². The molecule has 7 heteroatoms. The van der Waals surface area contributed by atoms with Crippen molar-refractivity contribution in [2.24, 2.45) is 29.4 Å². The number of pyridine rings is 1. The largest absolute Gasteiger partial charge is 0.272 e. The van der Waals surface area contributed by atoms with Gasteiger partial charge in [0.15, 0.2) is 5.65 Å². The molecule has 6 rings (SSSR count). The van der Waals surface area contributed by atoms with E-state index in [2.05, 4.69) is 43.5 Å². The van der Waals surface area contributed by atoms with E-state index in [0.29, 0.717) is 15.3 Å². The molecule has 0 aliphatic heterocycles. The fourth-order valence-corrected chi connectivity index (χ4v) is 8.59. The number of aryl methyl sites for hydroxylation is 3. The van der Waals surface area contributed by atoms with E-state index < -0.39 is 0 Å². The van der Waals surface area contributed by atoms with Crippen LogP contribution in [0.2, 0.25) is 0 Å². The van der Waals surface area contributed by atoms with Crippen molar-refractivity contribution in [3.63, 3.8) is 0 Å². The molecular weight excluding hydrogens is 442 g/mol. The molecule has 1 N–H and O–H groups in total. The second-order valence-electron chi connectivity index (χ2n) is 10.3. The molecule has 0 spiro atoms. The molecule has 2 aromatic heterocycles. The number of halogens is 1. The molecule has 4 aliphatic carbocycles. The van der Waals surface area contributed by atoms with Gasteiger partial charge in [-0.05, 0) is 89.0 Å². The van der Waals surface area contributed by atoms with Gasteiger partial charge >= 0.3 is 0 Å². The highest BCUT2D eigenvalue weighted by atomic mass is 79.9. The molecule has 2 heterocycles. The molecule has 0 aromatic carbocycles. The second-order valence-corrected chi connectivity index (χ2v) is 12.0. The minimum atomic E-state index is -0.191. The van der Waals surface area contributed by atoms with Crippen molar-refractivity contribution in [2.75, 3.05) is 0 Å². The molecule has 4 saturated carbocycles. The summed E-state index contributed by atoms with van der Waals surface area (Å²) in [6, 6.07) is 1.82. The SMILES string of the molecule is C/C(CC12C[C@@H]3C[C@H](CC(Br)(C3)C1)C2)=N\NC(=O)c1cc(C)nc2c1c(C)nn2C. The van der Waals surface area contributed by atoms with Crippen LogP contribution in [0, 0.1) is 31.1 Å². The predicted octanol–water partition coefficient (Wildman–Crippen LogP) is 4.81. The number of alkyl halides is 1. The zero-order valence-electron chi connectivity index (χ0n) is 18.3. The Balaban J connectivity index is 1.35. The Morgan fingerprint density at radius 2 is 2.00 bits per heavy atom. The summed E-state index contributed by atoms with van der Waals surface area (Å²) < 4.78 is 2.07. The van der Waals surface area contributed by atoms with Gasteiger partial charge in [-0.1, -0.05) is 15.9 Å². The van der Waals surface area contributed by atoms with Crippen molar-refractivity contribution in [2.45, 2.75) is 70.0 Å². The van der Waals surface area contributed by atoms with Gasteiger partial charge in [0.25, 0.3) is 5.91 Å². The summed E-state index contributed by atoms with van der Waals surface area (Å²) in [7, 11) is 1.86. The zero-order chi connectivity index (χ0) is 21.3. The lowest BCUT2D eigenvalue weighted by atomic mass is 9.48. The van der Waals surface area contributed by atoms with Gasteiger partial charge in [-0.15, -0.1) is 0 Å². The van der Waals surface area contributed by atoms with Crippen molar-refractivity contribution in [1.29, 1.82) is 0 Å². The van der Waals surface area contributed by atoms with Crippen molar-refractivity contribution >= 4 is 38.6 Å². The van der Waals surface area contributed by atoms with Crippen LogP contribution in [0.3, 0.4) is 0 Å². The van der Waals surface area contributed by atoms with Crippen LogP contribution >= 0.6 is 15.9 Å². The molecular formula is C23H30BrN5O. The standard InChI is InChI=1S/C23H30BrN5O/c1-13-5-18(19-15(3)28-29(4)20(19)25-13)21(30)27-26-14(2)7-22-8-16-6-17(9-22)11-23(24,10-16)12-22/h5,16-17H,6-12H2,1-4H3,(H,27,30)/b26-14+/t16-,17-,22?,23?/m0/s1. The normalized spacial score (nSPS) is 32.8. The molecule has 0 unspecified atom stereocenters. The first-order chi connectivity index (χ1) is 14.2. The highest BCUT2D eigenvalue weighted by Gasteiger charge is 2.56. The Morgan fingerprint density at radius 3 is 2.67 bits per heavy atom. The summed E-state index contributed by atoms with van der Waals surface area (Å²) in [5.74, 6) is 1.52. The van der Waals surface area contributed by atoms with E-state index in [4.69, 9.17) is 0 Å². The van der Waals surface area contributed by atoms with Crippen molar-refractivity contribution in [1.82, 2.24) is 20.2 Å². The van der Waals surface area contributed by atoms with E-state index in [1.807, 2.05) is 27.0 Å². The lowest BCUT2D eigenvalue weighted by Crippen LogP contribution is -2.53.